The van der Waals surface area contributed by atoms with Crippen LogP contribution in [0.2, 0.25) is 0 Å². The molecule has 98 valence electrons. The normalized spacial score (nSPS) is 28.4. The zero-order valence-corrected chi connectivity index (χ0v) is 9.74. The van der Waals surface area contributed by atoms with Gasteiger partial charge < -0.3 is 20.3 Å². The van der Waals surface area contributed by atoms with Crippen LogP contribution < -0.4 is 5.32 Å². The molecule has 1 amide bonds. The third-order valence-corrected chi connectivity index (χ3v) is 3.12. The van der Waals surface area contributed by atoms with Gasteiger partial charge in [-0.1, -0.05) is 12.1 Å². The van der Waals surface area contributed by atoms with E-state index in [1.54, 1.807) is 12.1 Å². The first-order valence-electron chi connectivity index (χ1n) is 5.77. The molecule has 0 aromatic heterocycles. The van der Waals surface area contributed by atoms with Gasteiger partial charge in [0.2, 0.25) is 5.78 Å². The minimum absolute atomic E-state index is 0.000460. The van der Waals surface area contributed by atoms with Crippen LogP contribution in [0.15, 0.2) is 36.0 Å². The highest BCUT2D eigenvalue weighted by Gasteiger charge is 2.53. The number of hydrogen-bond acceptors (Lipinski definition) is 5. The van der Waals surface area contributed by atoms with Gasteiger partial charge in [0.05, 0.1) is 11.3 Å². The molecular weight excluding hydrogens is 250 g/mol. The van der Waals surface area contributed by atoms with Crippen molar-refractivity contribution in [2.24, 2.45) is 0 Å². The zero-order chi connectivity index (χ0) is 13.6. The van der Waals surface area contributed by atoms with Crippen LogP contribution in [0.4, 0.5) is 0 Å². The number of phenols is 1. The van der Waals surface area contributed by atoms with Crippen molar-refractivity contribution in [3.8, 4) is 5.75 Å². The molecule has 0 spiro atoms. The Labute approximate surface area is 108 Å². The molecule has 3 atom stereocenters. The van der Waals surface area contributed by atoms with E-state index in [9.17, 15) is 19.8 Å². The number of Topliss-reactive ketones (excluding diaryl/α,β-unsaturated/α-hetero) is 1. The Kier molecular flexibility index (Phi) is 2.62. The van der Waals surface area contributed by atoms with Gasteiger partial charge in [-0.05, 0) is 18.2 Å². The minimum atomic E-state index is -0.901. The molecule has 3 rings (SSSR count). The molecule has 0 bridgehead atoms. The molecular formula is C13H11NO5. The molecule has 1 aromatic carbocycles. The van der Waals surface area contributed by atoms with E-state index in [1.165, 1.54) is 18.2 Å². The lowest BCUT2D eigenvalue weighted by atomic mass is 10.0. The van der Waals surface area contributed by atoms with E-state index in [0.29, 0.717) is 0 Å². The van der Waals surface area contributed by atoms with Gasteiger partial charge in [0.1, 0.15) is 18.0 Å². The Bertz CT molecular complexity index is 594. The van der Waals surface area contributed by atoms with Crippen molar-refractivity contribution in [1.82, 2.24) is 5.32 Å². The summed E-state index contributed by atoms with van der Waals surface area (Å²) in [6.07, 6.45) is -0.797. The summed E-state index contributed by atoms with van der Waals surface area (Å²) < 4.78 is 4.99. The number of fused-ring (bicyclic) bond motifs is 1. The van der Waals surface area contributed by atoms with Crippen LogP contribution in [0.5, 0.6) is 5.75 Å². The number of ketones is 1. The maximum atomic E-state index is 11.9. The summed E-state index contributed by atoms with van der Waals surface area (Å²) in [5, 5.41) is 21.5. The first-order valence-corrected chi connectivity index (χ1v) is 5.77. The molecule has 6 heteroatoms. The maximum Gasteiger partial charge on any atom is 0.259 e. The predicted octanol–water partition coefficient (Wildman–Crippen LogP) is -0.283. The number of carbonyl (C=O) groups is 2. The van der Waals surface area contributed by atoms with E-state index >= 15 is 0 Å². The van der Waals surface area contributed by atoms with Gasteiger partial charge in [0.25, 0.3) is 5.91 Å². The van der Waals surface area contributed by atoms with Crippen molar-refractivity contribution in [1.29, 1.82) is 0 Å². The third kappa shape index (κ3) is 2.00. The molecule has 6 nitrogen and oxygen atoms in total. The molecule has 1 aliphatic heterocycles. The number of rotatable bonds is 2. The lowest BCUT2D eigenvalue weighted by molar-refractivity contribution is -0.117. The number of hydrogen-bond donors (Lipinski definition) is 3. The number of aliphatic hydroxyl groups excluding tert-OH is 1. The van der Waals surface area contributed by atoms with Gasteiger partial charge in [-0.3, -0.25) is 9.59 Å². The van der Waals surface area contributed by atoms with Crippen molar-refractivity contribution >= 4 is 11.7 Å². The highest BCUT2D eigenvalue weighted by molar-refractivity contribution is 6.08. The highest BCUT2D eigenvalue weighted by Crippen LogP contribution is 2.33. The molecule has 1 aliphatic carbocycles. The number of aromatic hydroxyl groups is 1. The quantitative estimate of drug-likeness (QED) is 0.636. The molecule has 1 aromatic rings. The van der Waals surface area contributed by atoms with Gasteiger partial charge in [0.15, 0.2) is 6.10 Å². The molecule has 0 saturated carbocycles. The van der Waals surface area contributed by atoms with Crippen LogP contribution in [0.1, 0.15) is 10.4 Å². The van der Waals surface area contributed by atoms with Crippen LogP contribution in [0.25, 0.3) is 0 Å². The van der Waals surface area contributed by atoms with Gasteiger partial charge in [-0.15, -0.1) is 0 Å². The summed E-state index contributed by atoms with van der Waals surface area (Å²) >= 11 is 0. The molecule has 2 aliphatic rings. The van der Waals surface area contributed by atoms with Gasteiger partial charge in [-0.2, -0.15) is 0 Å². The van der Waals surface area contributed by atoms with E-state index in [1.807, 2.05) is 0 Å². The topological polar surface area (TPSA) is 99.2 Å². The zero-order valence-electron chi connectivity index (χ0n) is 9.74. The van der Waals surface area contributed by atoms with Gasteiger partial charge in [-0.25, -0.2) is 0 Å². The standard InChI is InChI=1S/C13H11NO5/c15-8-4-2-1-3-6(8)13(18)14-7-5-9(16)11-12(19-11)10(7)17/h1-5,9,11-12,15-16H,(H,14,18)/t9-,11-,12+/m1/s1. The van der Waals surface area contributed by atoms with E-state index in [-0.39, 0.29) is 22.8 Å². The SMILES string of the molecule is O=C(NC1=C[C@@H](O)[C@H]2O[C@H]2C1=O)c1ccccc1O. The van der Waals surface area contributed by atoms with Crippen LogP contribution in [0, 0.1) is 0 Å². The Morgan fingerprint density at radius 3 is 2.79 bits per heavy atom. The van der Waals surface area contributed by atoms with Crippen LogP contribution >= 0.6 is 0 Å². The van der Waals surface area contributed by atoms with Crippen LogP contribution in [-0.2, 0) is 9.53 Å². The van der Waals surface area contributed by atoms with Crippen molar-refractivity contribution in [3.63, 3.8) is 0 Å². The summed E-state index contributed by atoms with van der Waals surface area (Å²) in [7, 11) is 0. The summed E-state index contributed by atoms with van der Waals surface area (Å²) in [5.41, 5.74) is 0.0593. The summed E-state index contributed by atoms with van der Waals surface area (Å²) in [4.78, 5) is 23.7. The average molecular weight is 261 g/mol. The van der Waals surface area contributed by atoms with Crippen LogP contribution in [-0.4, -0.2) is 40.2 Å². The Balaban J connectivity index is 1.80. The number of nitrogens with one attached hydrogen (secondary N) is 1. The molecule has 1 saturated heterocycles. The Hall–Kier alpha value is -2.18. The number of amides is 1. The van der Waals surface area contributed by atoms with Crippen molar-refractivity contribution in [2.45, 2.75) is 18.3 Å². The molecule has 0 radical (unpaired) electrons. The van der Waals surface area contributed by atoms with Crippen molar-refractivity contribution < 1.29 is 24.5 Å². The lowest BCUT2D eigenvalue weighted by Gasteiger charge is -2.14. The fraction of sp³-hybridized carbons (Fsp3) is 0.231. The fourth-order valence-electron chi connectivity index (χ4n) is 2.05. The van der Waals surface area contributed by atoms with Crippen molar-refractivity contribution in [2.75, 3.05) is 0 Å². The third-order valence-electron chi connectivity index (χ3n) is 3.12. The molecule has 0 unspecified atom stereocenters. The summed E-state index contributed by atoms with van der Waals surface area (Å²) in [6.45, 7) is 0. The number of para-hydroxylation sites is 1. The second-order valence-electron chi connectivity index (χ2n) is 4.43. The average Bonchev–Trinajstić information content (AvgIpc) is 3.17. The van der Waals surface area contributed by atoms with E-state index in [4.69, 9.17) is 4.74 Å². The summed E-state index contributed by atoms with van der Waals surface area (Å²) in [5.74, 6) is -1.15. The number of ether oxygens (including phenoxy) is 1. The highest BCUT2D eigenvalue weighted by atomic mass is 16.6. The Morgan fingerprint density at radius 1 is 1.32 bits per heavy atom. The molecule has 19 heavy (non-hydrogen) atoms. The van der Waals surface area contributed by atoms with Crippen LogP contribution in [0.3, 0.4) is 0 Å². The first kappa shape index (κ1) is 11.9. The smallest absolute Gasteiger partial charge is 0.259 e. The first-order chi connectivity index (χ1) is 9.08. The van der Waals surface area contributed by atoms with Crippen molar-refractivity contribution in [3.05, 3.63) is 41.6 Å². The van der Waals surface area contributed by atoms with Gasteiger partial charge in [0, 0.05) is 0 Å². The second kappa shape index (κ2) is 4.18. The number of phenolic OH excluding ortho intramolecular Hbond substituents is 1. The largest absolute Gasteiger partial charge is 0.507 e. The maximum absolute atomic E-state index is 11.9. The lowest BCUT2D eigenvalue weighted by Crippen LogP contribution is -2.36. The molecule has 1 heterocycles. The fourth-order valence-corrected chi connectivity index (χ4v) is 2.05. The van der Waals surface area contributed by atoms with E-state index < -0.39 is 24.2 Å². The number of carbonyl (C=O) groups excluding carboxylic acids is 2. The minimum Gasteiger partial charge on any atom is -0.507 e. The van der Waals surface area contributed by atoms with E-state index in [2.05, 4.69) is 5.32 Å². The number of benzene rings is 1. The van der Waals surface area contributed by atoms with Gasteiger partial charge >= 0.3 is 0 Å². The van der Waals surface area contributed by atoms with E-state index in [0.717, 1.165) is 0 Å². The monoisotopic (exact) mass is 261 g/mol. The number of aliphatic hydroxyl groups is 1. The summed E-state index contributed by atoms with van der Waals surface area (Å²) in [6, 6.07) is 6.00. The Morgan fingerprint density at radius 2 is 2.05 bits per heavy atom. The molecule has 3 N–H and O–H groups in total. The molecule has 1 fully saturated rings. The predicted molar refractivity (Wildman–Crippen MR) is 63.3 cm³/mol. The number of epoxide rings is 1. The second-order valence-corrected chi connectivity index (χ2v) is 4.43.